The molecule has 0 aromatic rings. The van der Waals surface area contributed by atoms with Crippen LogP contribution in [0.2, 0.25) is 0 Å². The summed E-state index contributed by atoms with van der Waals surface area (Å²) >= 11 is 0. The summed E-state index contributed by atoms with van der Waals surface area (Å²) in [6.07, 6.45) is -0.167. The maximum Gasteiger partial charge on any atom is 0.0483 e. The van der Waals surface area contributed by atoms with E-state index in [0.29, 0.717) is 0 Å². The Morgan fingerprint density at radius 1 is 0.647 bits per heavy atom. The van der Waals surface area contributed by atoms with Gasteiger partial charge in [-0.15, -0.1) is 0 Å². The van der Waals surface area contributed by atoms with Gasteiger partial charge < -0.3 is 25.5 Å². The van der Waals surface area contributed by atoms with Gasteiger partial charge in [-0.3, -0.25) is 0 Å². The Labute approximate surface area is 126 Å². The normalized spacial score (nSPS) is 6.35. The van der Waals surface area contributed by atoms with Crippen LogP contribution >= 0.6 is 0 Å². The summed E-state index contributed by atoms with van der Waals surface area (Å²) in [6.45, 7) is 11.2. The Balaban J connectivity index is -0.0000000221. The molecule has 6 heteroatoms. The van der Waals surface area contributed by atoms with Gasteiger partial charge in [-0.25, -0.2) is 0 Å². The minimum Gasteiger partial charge on any atom is -0.397 e. The second kappa shape index (κ2) is 69.5. The molecule has 5 nitrogen and oxygen atoms in total. The van der Waals surface area contributed by atoms with Gasteiger partial charge in [0.05, 0.1) is 0 Å². The van der Waals surface area contributed by atoms with Crippen LogP contribution < -0.4 is 0 Å². The molecule has 0 aliphatic rings. The molecule has 0 spiro atoms. The van der Waals surface area contributed by atoms with Gasteiger partial charge in [-0.1, -0.05) is 0 Å². The van der Waals surface area contributed by atoms with Crippen LogP contribution in [0.4, 0.5) is 0 Å². The molecule has 0 saturated carbocycles. The van der Waals surface area contributed by atoms with Gasteiger partial charge in [0.1, 0.15) is 0 Å². The van der Waals surface area contributed by atoms with E-state index in [1.807, 2.05) is 0 Å². The second-order valence-electron chi connectivity index (χ2n) is 2.36. The standard InChI is InChI=1S/C3H8O.4C2H6O.Zr/c1-3(2)4;4*1-2-3;/h3-4H,1-2H3;4*3H,2H2,1H3;. The predicted octanol–water partition coefficient (Wildman–Crippen LogP) is 0.379. The van der Waals surface area contributed by atoms with Crippen molar-refractivity contribution in [2.75, 3.05) is 26.4 Å². The third-order valence-corrected chi connectivity index (χ3v) is 0. The maximum absolute atomic E-state index is 8.06. The molecule has 0 rings (SSSR count). The summed E-state index contributed by atoms with van der Waals surface area (Å²) in [5.74, 6) is 0. The molecule has 0 fully saturated rings. The molecule has 17 heavy (non-hydrogen) atoms. The first-order valence-electron chi connectivity index (χ1n) is 5.51. The first kappa shape index (κ1) is 36.1. The summed E-state index contributed by atoms with van der Waals surface area (Å²) in [4.78, 5) is 0. The van der Waals surface area contributed by atoms with Crippen LogP contribution in [-0.4, -0.2) is 58.1 Å². The molecule has 5 N–H and O–H groups in total. The van der Waals surface area contributed by atoms with Crippen molar-refractivity contribution in [3.8, 4) is 0 Å². The van der Waals surface area contributed by atoms with E-state index in [0.717, 1.165) is 0 Å². The maximum atomic E-state index is 8.06. The largest absolute Gasteiger partial charge is 0.397 e. The third kappa shape index (κ3) is 7710. The molecule has 0 atom stereocenters. The Morgan fingerprint density at radius 3 is 0.647 bits per heavy atom. The molecule has 0 aromatic heterocycles. The van der Waals surface area contributed by atoms with Crippen LogP contribution in [-0.2, 0) is 26.2 Å². The van der Waals surface area contributed by atoms with Gasteiger partial charge in [0.15, 0.2) is 0 Å². The Kier molecular flexibility index (Phi) is 147. The first-order chi connectivity index (χ1) is 7.39. The SMILES string of the molecule is CC(C)O.CCO.CCO.CCO.CCO.[Zr]. The van der Waals surface area contributed by atoms with Crippen molar-refractivity contribution in [3.05, 3.63) is 0 Å². The van der Waals surface area contributed by atoms with Crippen LogP contribution in [0.5, 0.6) is 0 Å². The molecule has 0 aliphatic heterocycles. The monoisotopic (exact) mass is 334 g/mol. The minimum atomic E-state index is -0.167. The molecular formula is C11H32O5Zr. The van der Waals surface area contributed by atoms with Crippen LogP contribution in [0.3, 0.4) is 0 Å². The topological polar surface area (TPSA) is 101 Å². The number of aliphatic hydroxyl groups excluding tert-OH is 5. The smallest absolute Gasteiger partial charge is 0.0483 e. The van der Waals surface area contributed by atoms with E-state index in [1.165, 1.54) is 0 Å². The number of hydrogen-bond donors (Lipinski definition) is 5. The van der Waals surface area contributed by atoms with E-state index in [-0.39, 0.29) is 58.7 Å². The van der Waals surface area contributed by atoms with Crippen molar-refractivity contribution in [3.63, 3.8) is 0 Å². The molecule has 0 amide bonds. The Hall–Kier alpha value is 0.683. The van der Waals surface area contributed by atoms with Gasteiger partial charge in [-0.2, -0.15) is 0 Å². The van der Waals surface area contributed by atoms with Gasteiger partial charge in [-0.05, 0) is 41.5 Å². The van der Waals surface area contributed by atoms with Crippen molar-refractivity contribution < 1.29 is 51.7 Å². The van der Waals surface area contributed by atoms with Crippen LogP contribution in [0, 0.1) is 0 Å². The molecule has 0 aliphatic carbocycles. The van der Waals surface area contributed by atoms with E-state index in [4.69, 9.17) is 25.5 Å². The van der Waals surface area contributed by atoms with E-state index < -0.39 is 0 Å². The van der Waals surface area contributed by atoms with Crippen molar-refractivity contribution in [1.29, 1.82) is 0 Å². The van der Waals surface area contributed by atoms with Crippen LogP contribution in [0.25, 0.3) is 0 Å². The fraction of sp³-hybridized carbons (Fsp3) is 1.00. The molecule has 0 aromatic carbocycles. The average molecular weight is 336 g/mol. The molecule has 0 saturated heterocycles. The van der Waals surface area contributed by atoms with Gasteiger partial charge in [0.2, 0.25) is 0 Å². The van der Waals surface area contributed by atoms with E-state index in [2.05, 4.69) is 0 Å². The third-order valence-electron chi connectivity index (χ3n) is 0. The van der Waals surface area contributed by atoms with Crippen LogP contribution in [0.15, 0.2) is 0 Å². The summed E-state index contributed by atoms with van der Waals surface area (Å²) in [6, 6.07) is 0. The average Bonchev–Trinajstić information content (AvgIpc) is 2.06. The van der Waals surface area contributed by atoms with Crippen molar-refractivity contribution in [2.24, 2.45) is 0 Å². The molecule has 0 bridgehead atoms. The van der Waals surface area contributed by atoms with Gasteiger partial charge >= 0.3 is 0 Å². The molecule has 0 unspecified atom stereocenters. The first-order valence-corrected chi connectivity index (χ1v) is 5.51. The molecular weight excluding hydrogens is 303 g/mol. The van der Waals surface area contributed by atoms with Crippen molar-refractivity contribution >= 4 is 0 Å². The molecule has 0 radical (unpaired) electrons. The fourth-order valence-corrected chi connectivity index (χ4v) is 0. The predicted molar refractivity (Wildman–Crippen MR) is 68.4 cm³/mol. The van der Waals surface area contributed by atoms with E-state index in [9.17, 15) is 0 Å². The van der Waals surface area contributed by atoms with E-state index >= 15 is 0 Å². The molecule has 0 heterocycles. The Bertz CT molecular complexity index is 46.4. The summed E-state index contributed by atoms with van der Waals surface area (Å²) < 4.78 is 0. The van der Waals surface area contributed by atoms with Gasteiger partial charge in [0, 0.05) is 58.7 Å². The van der Waals surface area contributed by atoms with Crippen molar-refractivity contribution in [1.82, 2.24) is 0 Å². The zero-order valence-electron chi connectivity index (χ0n) is 12.1. The quantitative estimate of drug-likeness (QED) is 0.440. The zero-order chi connectivity index (χ0) is 14.4. The summed E-state index contributed by atoms with van der Waals surface area (Å²) in [7, 11) is 0. The Morgan fingerprint density at radius 2 is 0.647 bits per heavy atom. The zero-order valence-corrected chi connectivity index (χ0v) is 14.6. The fourth-order valence-electron chi connectivity index (χ4n) is 0. The molecule has 110 valence electrons. The van der Waals surface area contributed by atoms with Crippen molar-refractivity contribution in [2.45, 2.75) is 47.6 Å². The number of rotatable bonds is 0. The van der Waals surface area contributed by atoms with E-state index in [1.54, 1.807) is 41.5 Å². The summed E-state index contributed by atoms with van der Waals surface area (Å²) in [5, 5.41) is 38.3. The minimum absolute atomic E-state index is 0. The van der Waals surface area contributed by atoms with Gasteiger partial charge in [0.25, 0.3) is 0 Å². The van der Waals surface area contributed by atoms with Crippen LogP contribution in [0.1, 0.15) is 41.5 Å². The number of aliphatic hydroxyl groups is 5. The second-order valence-corrected chi connectivity index (χ2v) is 2.36. The summed E-state index contributed by atoms with van der Waals surface area (Å²) in [5.41, 5.74) is 0. The number of hydrogen-bond acceptors (Lipinski definition) is 5.